The van der Waals surface area contributed by atoms with Gasteiger partial charge >= 0.3 is 0 Å². The Bertz CT molecular complexity index is 304. The van der Waals surface area contributed by atoms with Crippen LogP contribution < -0.4 is 5.32 Å². The highest BCUT2D eigenvalue weighted by Crippen LogP contribution is 2.11. The summed E-state index contributed by atoms with van der Waals surface area (Å²) >= 11 is 0. The summed E-state index contributed by atoms with van der Waals surface area (Å²) in [5.41, 5.74) is 0.882. The van der Waals surface area contributed by atoms with Crippen molar-refractivity contribution in [3.8, 4) is 0 Å². The molecule has 0 aliphatic carbocycles. The van der Waals surface area contributed by atoms with E-state index in [9.17, 15) is 5.11 Å². The number of aliphatic hydroxyl groups excluding tert-OH is 1. The number of aromatic nitrogens is 1. The molecule has 0 spiro atoms. The lowest BCUT2D eigenvalue weighted by molar-refractivity contribution is 0.124. The van der Waals surface area contributed by atoms with Gasteiger partial charge in [0.2, 0.25) is 0 Å². The SMILES string of the molecule is COCC(NCC(O)c1ccncc1)C(C)C. The van der Waals surface area contributed by atoms with Gasteiger partial charge in [-0.3, -0.25) is 4.98 Å². The number of hydrogen-bond donors (Lipinski definition) is 2. The molecule has 0 saturated carbocycles. The van der Waals surface area contributed by atoms with Crippen LogP contribution in [0.3, 0.4) is 0 Å². The molecule has 1 rings (SSSR count). The van der Waals surface area contributed by atoms with Gasteiger partial charge < -0.3 is 15.2 Å². The molecule has 0 bridgehead atoms. The van der Waals surface area contributed by atoms with Gasteiger partial charge in [0.1, 0.15) is 0 Å². The molecule has 0 saturated heterocycles. The standard InChI is InChI=1S/C13H22N2O2/c1-10(2)12(9-17-3)15-8-13(16)11-4-6-14-7-5-11/h4-7,10,12-13,15-16H,8-9H2,1-3H3. The summed E-state index contributed by atoms with van der Waals surface area (Å²) in [5.74, 6) is 0.472. The average Bonchev–Trinajstić information content (AvgIpc) is 2.34. The molecule has 0 radical (unpaired) electrons. The quantitative estimate of drug-likeness (QED) is 0.753. The van der Waals surface area contributed by atoms with Gasteiger partial charge in [-0.15, -0.1) is 0 Å². The van der Waals surface area contributed by atoms with Crippen molar-refractivity contribution in [2.45, 2.75) is 26.0 Å². The number of pyridine rings is 1. The number of rotatable bonds is 7. The number of hydrogen-bond acceptors (Lipinski definition) is 4. The maximum Gasteiger partial charge on any atom is 0.0915 e. The molecule has 2 unspecified atom stereocenters. The molecule has 0 amide bonds. The molecule has 4 nitrogen and oxygen atoms in total. The molecule has 4 heteroatoms. The molecule has 17 heavy (non-hydrogen) atoms. The molecule has 2 N–H and O–H groups in total. The van der Waals surface area contributed by atoms with Gasteiger partial charge in [-0.2, -0.15) is 0 Å². The van der Waals surface area contributed by atoms with Crippen molar-refractivity contribution in [2.24, 2.45) is 5.92 Å². The predicted molar refractivity (Wildman–Crippen MR) is 67.7 cm³/mol. The molecular weight excluding hydrogens is 216 g/mol. The van der Waals surface area contributed by atoms with Crippen molar-refractivity contribution < 1.29 is 9.84 Å². The van der Waals surface area contributed by atoms with E-state index in [2.05, 4.69) is 24.1 Å². The van der Waals surface area contributed by atoms with Crippen LogP contribution in [-0.2, 0) is 4.74 Å². The van der Waals surface area contributed by atoms with Gasteiger partial charge in [0.15, 0.2) is 0 Å². The summed E-state index contributed by atoms with van der Waals surface area (Å²) in [6, 6.07) is 3.91. The Balaban J connectivity index is 2.43. The Kier molecular flexibility index (Phi) is 6.11. The topological polar surface area (TPSA) is 54.4 Å². The van der Waals surface area contributed by atoms with Crippen LogP contribution in [0, 0.1) is 5.92 Å². The highest BCUT2D eigenvalue weighted by atomic mass is 16.5. The Morgan fingerprint density at radius 1 is 1.35 bits per heavy atom. The first-order chi connectivity index (χ1) is 8.15. The summed E-state index contributed by atoms with van der Waals surface area (Å²) < 4.78 is 5.15. The van der Waals surface area contributed by atoms with Crippen LogP contribution >= 0.6 is 0 Å². The summed E-state index contributed by atoms with van der Waals surface area (Å²) in [6.07, 6.45) is 2.87. The van der Waals surface area contributed by atoms with Crippen LogP contribution in [-0.4, -0.2) is 36.4 Å². The minimum Gasteiger partial charge on any atom is -0.387 e. The van der Waals surface area contributed by atoms with E-state index in [0.717, 1.165) is 5.56 Å². The molecule has 0 aliphatic heterocycles. The highest BCUT2D eigenvalue weighted by Gasteiger charge is 2.15. The van der Waals surface area contributed by atoms with Crippen LogP contribution in [0.4, 0.5) is 0 Å². The lowest BCUT2D eigenvalue weighted by Crippen LogP contribution is -2.39. The third-order valence-corrected chi connectivity index (χ3v) is 2.82. The number of ether oxygens (including phenoxy) is 1. The summed E-state index contributed by atoms with van der Waals surface area (Å²) in [6.45, 7) is 5.45. The van der Waals surface area contributed by atoms with Crippen molar-refractivity contribution in [1.29, 1.82) is 0 Å². The summed E-state index contributed by atoms with van der Waals surface area (Å²) in [5, 5.41) is 13.3. The Morgan fingerprint density at radius 3 is 2.53 bits per heavy atom. The molecule has 0 aliphatic rings. The maximum absolute atomic E-state index is 9.99. The van der Waals surface area contributed by atoms with Gasteiger partial charge in [0.25, 0.3) is 0 Å². The average molecular weight is 238 g/mol. The van der Waals surface area contributed by atoms with E-state index in [-0.39, 0.29) is 6.04 Å². The van der Waals surface area contributed by atoms with E-state index in [1.807, 2.05) is 12.1 Å². The lowest BCUT2D eigenvalue weighted by atomic mass is 10.0. The van der Waals surface area contributed by atoms with Crippen molar-refractivity contribution in [3.05, 3.63) is 30.1 Å². The van der Waals surface area contributed by atoms with Gasteiger partial charge in [0.05, 0.1) is 12.7 Å². The van der Waals surface area contributed by atoms with E-state index in [1.165, 1.54) is 0 Å². The zero-order valence-electron chi connectivity index (χ0n) is 10.8. The van der Waals surface area contributed by atoms with E-state index >= 15 is 0 Å². The minimum atomic E-state index is -0.504. The number of nitrogens with zero attached hydrogens (tertiary/aromatic N) is 1. The van der Waals surface area contributed by atoms with Crippen LogP contribution in [0.1, 0.15) is 25.5 Å². The maximum atomic E-state index is 9.99. The van der Waals surface area contributed by atoms with Gasteiger partial charge in [-0.05, 0) is 23.6 Å². The largest absolute Gasteiger partial charge is 0.387 e. The lowest BCUT2D eigenvalue weighted by Gasteiger charge is -2.23. The van der Waals surface area contributed by atoms with Crippen LogP contribution in [0.25, 0.3) is 0 Å². The molecular formula is C13H22N2O2. The second kappa shape index (κ2) is 7.37. The second-order valence-electron chi connectivity index (χ2n) is 4.51. The smallest absolute Gasteiger partial charge is 0.0915 e. The molecule has 1 aromatic heterocycles. The van der Waals surface area contributed by atoms with E-state index < -0.39 is 6.10 Å². The van der Waals surface area contributed by atoms with E-state index in [1.54, 1.807) is 19.5 Å². The highest BCUT2D eigenvalue weighted by molar-refractivity contribution is 5.13. The first-order valence-corrected chi connectivity index (χ1v) is 5.95. The zero-order valence-corrected chi connectivity index (χ0v) is 10.8. The van der Waals surface area contributed by atoms with E-state index in [4.69, 9.17) is 4.74 Å². The fourth-order valence-corrected chi connectivity index (χ4v) is 1.63. The fourth-order valence-electron chi connectivity index (χ4n) is 1.63. The number of aliphatic hydroxyl groups is 1. The van der Waals surface area contributed by atoms with Crippen molar-refractivity contribution in [2.75, 3.05) is 20.3 Å². The third-order valence-electron chi connectivity index (χ3n) is 2.82. The first kappa shape index (κ1) is 14.1. The van der Waals surface area contributed by atoms with Crippen molar-refractivity contribution >= 4 is 0 Å². The molecule has 1 aromatic rings. The second-order valence-corrected chi connectivity index (χ2v) is 4.51. The van der Waals surface area contributed by atoms with Crippen molar-refractivity contribution in [3.63, 3.8) is 0 Å². The zero-order chi connectivity index (χ0) is 12.7. The Morgan fingerprint density at radius 2 is 2.00 bits per heavy atom. The fraction of sp³-hybridized carbons (Fsp3) is 0.615. The van der Waals surface area contributed by atoms with Gasteiger partial charge in [-0.25, -0.2) is 0 Å². The molecule has 0 fully saturated rings. The van der Waals surface area contributed by atoms with Crippen LogP contribution in [0.5, 0.6) is 0 Å². The predicted octanol–water partition coefficient (Wildman–Crippen LogP) is 1.38. The molecule has 1 heterocycles. The van der Waals surface area contributed by atoms with Crippen molar-refractivity contribution in [1.82, 2.24) is 10.3 Å². The third kappa shape index (κ3) is 4.81. The first-order valence-electron chi connectivity index (χ1n) is 5.95. The van der Waals surface area contributed by atoms with E-state index in [0.29, 0.717) is 19.1 Å². The number of methoxy groups -OCH3 is 1. The molecule has 2 atom stereocenters. The normalized spacial score (nSPS) is 14.9. The van der Waals surface area contributed by atoms with Crippen LogP contribution in [0.2, 0.25) is 0 Å². The minimum absolute atomic E-state index is 0.261. The monoisotopic (exact) mass is 238 g/mol. The van der Waals surface area contributed by atoms with Crippen LogP contribution in [0.15, 0.2) is 24.5 Å². The summed E-state index contributed by atoms with van der Waals surface area (Å²) in [4.78, 5) is 3.93. The van der Waals surface area contributed by atoms with Gasteiger partial charge in [-0.1, -0.05) is 13.8 Å². The van der Waals surface area contributed by atoms with Gasteiger partial charge in [0, 0.05) is 32.1 Å². The Hall–Kier alpha value is -0.970. The molecule has 0 aromatic carbocycles. The number of nitrogens with one attached hydrogen (secondary N) is 1. The Labute approximate surface area is 103 Å². The molecule has 96 valence electrons. The summed E-state index contributed by atoms with van der Waals surface area (Å²) in [7, 11) is 1.69.